The predicted molar refractivity (Wildman–Crippen MR) is 102 cm³/mol. The number of rotatable bonds is 7. The largest absolute Gasteiger partial charge is 0.465 e. The first-order valence-electron chi connectivity index (χ1n) is 8.26. The van der Waals surface area contributed by atoms with E-state index in [4.69, 9.17) is 4.74 Å². The minimum absolute atomic E-state index is 0.114. The molecule has 0 fully saturated rings. The summed E-state index contributed by atoms with van der Waals surface area (Å²) in [5.41, 5.74) is 2.44. The average Bonchev–Trinajstić information content (AvgIpc) is 3.08. The van der Waals surface area contributed by atoms with E-state index < -0.39 is 5.97 Å². The number of hydrogen-bond donors (Lipinski definition) is 1. The molecule has 0 aliphatic rings. The molecule has 3 aromatic rings. The van der Waals surface area contributed by atoms with Gasteiger partial charge in [-0.1, -0.05) is 42.1 Å². The van der Waals surface area contributed by atoms with Crippen LogP contribution in [-0.4, -0.2) is 40.7 Å². The normalized spacial score (nSPS) is 10.7. The third kappa shape index (κ3) is 4.43. The van der Waals surface area contributed by atoms with E-state index in [1.807, 2.05) is 42.5 Å². The first-order valence-corrected chi connectivity index (χ1v) is 9.24. The van der Waals surface area contributed by atoms with E-state index in [-0.39, 0.29) is 24.8 Å². The molecule has 0 bridgehead atoms. The number of aromatic amines is 1. The second-order valence-electron chi connectivity index (χ2n) is 5.47. The first-order chi connectivity index (χ1) is 12.7. The summed E-state index contributed by atoms with van der Waals surface area (Å²) in [5, 5.41) is 0.670. The van der Waals surface area contributed by atoms with Gasteiger partial charge in [0.05, 0.1) is 23.4 Å². The summed E-state index contributed by atoms with van der Waals surface area (Å²) in [5.74, 6) is -0.457. The number of carbonyl (C=O) groups is 2. The lowest BCUT2D eigenvalue weighted by Crippen LogP contribution is -2.37. The molecule has 1 amide bonds. The molecule has 1 aromatic heterocycles. The molecule has 0 radical (unpaired) electrons. The highest BCUT2D eigenvalue weighted by molar-refractivity contribution is 7.99. The number of nitrogens with one attached hydrogen (secondary N) is 1. The number of fused-ring (bicyclic) bond motifs is 1. The number of ether oxygens (including phenoxy) is 1. The Morgan fingerprint density at radius 1 is 1.12 bits per heavy atom. The zero-order chi connectivity index (χ0) is 18.4. The van der Waals surface area contributed by atoms with Crippen LogP contribution in [0, 0.1) is 0 Å². The number of amides is 1. The van der Waals surface area contributed by atoms with Gasteiger partial charge in [-0.25, -0.2) is 4.98 Å². The fourth-order valence-electron chi connectivity index (χ4n) is 2.47. The quantitative estimate of drug-likeness (QED) is 0.511. The number of hydrogen-bond acceptors (Lipinski definition) is 5. The summed E-state index contributed by atoms with van der Waals surface area (Å²) in [6.07, 6.45) is 0. The van der Waals surface area contributed by atoms with Gasteiger partial charge in [0.2, 0.25) is 5.91 Å². The number of aromatic nitrogens is 2. The SMILES string of the molecule is CCOC(=O)CN(C(=O)CSc1nc2ccccc2[nH]1)c1ccccc1. The molecule has 0 atom stereocenters. The monoisotopic (exact) mass is 369 g/mol. The van der Waals surface area contributed by atoms with Crippen LogP contribution in [0.25, 0.3) is 11.0 Å². The summed E-state index contributed by atoms with van der Waals surface area (Å²) >= 11 is 1.31. The zero-order valence-electron chi connectivity index (χ0n) is 14.3. The molecule has 7 heteroatoms. The molecule has 1 heterocycles. The zero-order valence-corrected chi connectivity index (χ0v) is 15.2. The van der Waals surface area contributed by atoms with Crippen LogP contribution < -0.4 is 4.90 Å². The van der Waals surface area contributed by atoms with Crippen molar-refractivity contribution in [1.82, 2.24) is 9.97 Å². The first kappa shape index (κ1) is 18.0. The van der Waals surface area contributed by atoms with Crippen LogP contribution in [0.3, 0.4) is 0 Å². The van der Waals surface area contributed by atoms with E-state index in [9.17, 15) is 9.59 Å². The Hall–Kier alpha value is -2.80. The van der Waals surface area contributed by atoms with Crippen LogP contribution in [0.5, 0.6) is 0 Å². The summed E-state index contributed by atoms with van der Waals surface area (Å²) in [7, 11) is 0. The number of nitrogens with zero attached hydrogens (tertiary/aromatic N) is 2. The van der Waals surface area contributed by atoms with Crippen LogP contribution in [0.4, 0.5) is 5.69 Å². The van der Waals surface area contributed by atoms with Crippen LogP contribution in [0.1, 0.15) is 6.92 Å². The van der Waals surface area contributed by atoms with Crippen LogP contribution in [0.15, 0.2) is 59.8 Å². The Bertz CT molecular complexity index is 862. The lowest BCUT2D eigenvalue weighted by molar-refractivity contribution is -0.142. The van der Waals surface area contributed by atoms with Crippen molar-refractivity contribution in [3.63, 3.8) is 0 Å². The third-order valence-corrected chi connectivity index (χ3v) is 4.52. The maximum atomic E-state index is 12.7. The molecule has 134 valence electrons. The Morgan fingerprint density at radius 3 is 2.58 bits per heavy atom. The van der Waals surface area contributed by atoms with E-state index in [0.29, 0.717) is 10.8 Å². The summed E-state index contributed by atoms with van der Waals surface area (Å²) in [4.78, 5) is 33.7. The molecule has 3 rings (SSSR count). The topological polar surface area (TPSA) is 75.3 Å². The van der Waals surface area contributed by atoms with Gasteiger partial charge >= 0.3 is 5.97 Å². The number of thioether (sulfide) groups is 1. The third-order valence-electron chi connectivity index (χ3n) is 3.66. The highest BCUT2D eigenvalue weighted by atomic mass is 32.2. The van der Waals surface area contributed by atoms with Crippen molar-refractivity contribution in [2.24, 2.45) is 0 Å². The molecule has 0 unspecified atom stereocenters. The van der Waals surface area contributed by atoms with Crippen molar-refractivity contribution < 1.29 is 14.3 Å². The van der Waals surface area contributed by atoms with Gasteiger partial charge in [0, 0.05) is 5.69 Å². The molecule has 26 heavy (non-hydrogen) atoms. The van der Waals surface area contributed by atoms with Crippen LogP contribution in [0.2, 0.25) is 0 Å². The Morgan fingerprint density at radius 2 is 1.85 bits per heavy atom. The molecular formula is C19H19N3O3S. The van der Waals surface area contributed by atoms with Crippen molar-refractivity contribution in [3.05, 3.63) is 54.6 Å². The van der Waals surface area contributed by atoms with Gasteiger partial charge in [0.15, 0.2) is 5.16 Å². The van der Waals surface area contributed by atoms with Crippen molar-refractivity contribution in [2.45, 2.75) is 12.1 Å². The summed E-state index contributed by atoms with van der Waals surface area (Å²) in [6.45, 7) is 1.91. The predicted octanol–water partition coefficient (Wildman–Crippen LogP) is 3.25. The lowest BCUT2D eigenvalue weighted by Gasteiger charge is -2.21. The van der Waals surface area contributed by atoms with Gasteiger partial charge in [-0.15, -0.1) is 0 Å². The highest BCUT2D eigenvalue weighted by Gasteiger charge is 2.20. The molecule has 6 nitrogen and oxygen atoms in total. The number of imidazole rings is 1. The van der Waals surface area contributed by atoms with Crippen LogP contribution >= 0.6 is 11.8 Å². The van der Waals surface area contributed by atoms with Crippen LogP contribution in [-0.2, 0) is 14.3 Å². The van der Waals surface area contributed by atoms with Gasteiger partial charge in [-0.05, 0) is 31.2 Å². The minimum atomic E-state index is -0.432. The van der Waals surface area contributed by atoms with E-state index in [0.717, 1.165) is 11.0 Å². The van der Waals surface area contributed by atoms with Crippen molar-refractivity contribution in [2.75, 3.05) is 23.8 Å². The standard InChI is InChI=1S/C19H19N3O3S/c1-2-25-18(24)12-22(14-8-4-3-5-9-14)17(23)13-26-19-20-15-10-6-7-11-16(15)21-19/h3-11H,2,12-13H2,1H3,(H,20,21). The number of carbonyl (C=O) groups excluding carboxylic acids is 2. The van der Waals surface area contributed by atoms with Gasteiger partial charge < -0.3 is 14.6 Å². The lowest BCUT2D eigenvalue weighted by atomic mass is 10.3. The van der Waals surface area contributed by atoms with E-state index >= 15 is 0 Å². The maximum absolute atomic E-state index is 12.7. The molecule has 1 N–H and O–H groups in total. The number of benzene rings is 2. The molecule has 0 aliphatic heterocycles. The summed E-state index contributed by atoms with van der Waals surface area (Å²) < 4.78 is 4.99. The van der Waals surface area contributed by atoms with E-state index in [1.54, 1.807) is 19.1 Å². The Balaban J connectivity index is 1.71. The van der Waals surface area contributed by atoms with Gasteiger partial charge in [0.25, 0.3) is 0 Å². The second-order valence-corrected chi connectivity index (χ2v) is 6.43. The Kier molecular flexibility index (Phi) is 5.91. The molecule has 0 spiro atoms. The molecule has 0 saturated carbocycles. The second kappa shape index (κ2) is 8.53. The molecule has 2 aromatic carbocycles. The number of esters is 1. The Labute approximate surface area is 155 Å². The van der Waals surface area contributed by atoms with Gasteiger partial charge in [0.1, 0.15) is 6.54 Å². The van der Waals surface area contributed by atoms with Crippen molar-refractivity contribution in [3.8, 4) is 0 Å². The highest BCUT2D eigenvalue weighted by Crippen LogP contribution is 2.21. The van der Waals surface area contributed by atoms with E-state index in [2.05, 4.69) is 9.97 Å². The average molecular weight is 369 g/mol. The molecular weight excluding hydrogens is 350 g/mol. The number of para-hydroxylation sites is 3. The smallest absolute Gasteiger partial charge is 0.326 e. The fourth-order valence-corrected chi connectivity index (χ4v) is 3.23. The van der Waals surface area contributed by atoms with Crippen molar-refractivity contribution in [1.29, 1.82) is 0 Å². The van der Waals surface area contributed by atoms with Gasteiger partial charge in [-0.3, -0.25) is 9.59 Å². The van der Waals surface area contributed by atoms with E-state index in [1.165, 1.54) is 16.7 Å². The van der Waals surface area contributed by atoms with Gasteiger partial charge in [-0.2, -0.15) is 0 Å². The number of anilines is 1. The molecule has 0 aliphatic carbocycles. The number of H-pyrrole nitrogens is 1. The molecule has 0 saturated heterocycles. The summed E-state index contributed by atoms with van der Waals surface area (Å²) in [6, 6.07) is 16.8. The maximum Gasteiger partial charge on any atom is 0.326 e. The fraction of sp³-hybridized carbons (Fsp3) is 0.211. The van der Waals surface area contributed by atoms with Crippen molar-refractivity contribution >= 4 is 40.4 Å². The minimum Gasteiger partial charge on any atom is -0.465 e.